The number of hydrogen-bond donors (Lipinski definition) is 0. The van der Waals surface area contributed by atoms with E-state index in [0.29, 0.717) is 22.5 Å². The van der Waals surface area contributed by atoms with E-state index >= 15 is 0 Å². The summed E-state index contributed by atoms with van der Waals surface area (Å²) >= 11 is 6.92. The Morgan fingerprint density at radius 3 is 1.84 bits per heavy atom. The molecule has 0 aliphatic heterocycles. The first-order valence-electron chi connectivity index (χ1n) is 16.8. The smallest absolute Gasteiger partial charge is 0.164 e. The summed E-state index contributed by atoms with van der Waals surface area (Å²) in [5, 5.41) is 5.02. The lowest BCUT2D eigenvalue weighted by Gasteiger charge is -2.11. The zero-order valence-corrected chi connectivity index (χ0v) is 27.9. The van der Waals surface area contributed by atoms with Crippen LogP contribution in [0.2, 0.25) is 5.02 Å². The van der Waals surface area contributed by atoms with Crippen LogP contribution in [0.1, 0.15) is 0 Å². The molecule has 10 rings (SSSR count). The fraction of sp³-hybridized carbons (Fsp3) is 0. The van der Waals surface area contributed by atoms with Crippen molar-refractivity contribution in [3.05, 3.63) is 169 Å². The number of aromatic nitrogens is 4. The van der Waals surface area contributed by atoms with Crippen molar-refractivity contribution in [2.24, 2.45) is 0 Å². The summed E-state index contributed by atoms with van der Waals surface area (Å²) in [6.07, 6.45) is 0. The molecule has 0 fully saturated rings. The molecule has 3 aromatic heterocycles. The fourth-order valence-electron chi connectivity index (χ4n) is 7.15. The van der Waals surface area contributed by atoms with E-state index < -0.39 is 0 Å². The minimum atomic E-state index is 0.556. The van der Waals surface area contributed by atoms with E-state index in [1.54, 1.807) is 0 Å². The van der Waals surface area contributed by atoms with E-state index in [4.69, 9.17) is 31.0 Å². The maximum absolute atomic E-state index is 6.92. The number of furan rings is 1. The average molecular weight is 675 g/mol. The topological polar surface area (TPSA) is 56.7 Å². The molecule has 0 saturated heterocycles. The fourth-order valence-corrected chi connectivity index (χ4v) is 7.37. The first kappa shape index (κ1) is 29.4. The van der Waals surface area contributed by atoms with E-state index in [2.05, 4.69) is 89.5 Å². The second kappa shape index (κ2) is 11.8. The van der Waals surface area contributed by atoms with Crippen LogP contribution in [-0.4, -0.2) is 19.5 Å². The predicted octanol–water partition coefficient (Wildman–Crippen LogP) is 12.2. The van der Waals surface area contributed by atoms with E-state index in [1.807, 2.05) is 78.9 Å². The maximum Gasteiger partial charge on any atom is 0.164 e. The molecule has 51 heavy (non-hydrogen) atoms. The number of rotatable bonds is 5. The van der Waals surface area contributed by atoms with Gasteiger partial charge in [0, 0.05) is 60.1 Å². The molecule has 6 heteroatoms. The minimum absolute atomic E-state index is 0.556. The molecule has 0 aliphatic carbocycles. The number of nitrogens with zero attached hydrogens (tertiary/aromatic N) is 4. The van der Waals surface area contributed by atoms with Crippen molar-refractivity contribution in [3.8, 4) is 51.0 Å². The van der Waals surface area contributed by atoms with Crippen molar-refractivity contribution in [3.63, 3.8) is 0 Å². The molecule has 7 aromatic carbocycles. The van der Waals surface area contributed by atoms with Crippen molar-refractivity contribution in [1.29, 1.82) is 0 Å². The lowest BCUT2D eigenvalue weighted by Crippen LogP contribution is -2.00. The van der Waals surface area contributed by atoms with Gasteiger partial charge in [-0.2, -0.15) is 0 Å². The van der Waals surface area contributed by atoms with Gasteiger partial charge in [-0.05, 0) is 60.7 Å². The highest BCUT2D eigenvalue weighted by atomic mass is 35.5. The quantitative estimate of drug-likeness (QED) is 0.182. The molecule has 0 saturated carbocycles. The Labute approximate surface area is 298 Å². The molecule has 3 heterocycles. The molecule has 0 amide bonds. The molecule has 0 unspecified atom stereocenters. The summed E-state index contributed by atoms with van der Waals surface area (Å²) < 4.78 is 8.69. The Hall–Kier alpha value is -6.56. The Morgan fingerprint density at radius 2 is 1.04 bits per heavy atom. The number of fused-ring (bicyclic) bond motifs is 6. The van der Waals surface area contributed by atoms with Crippen LogP contribution in [0.25, 0.3) is 94.7 Å². The van der Waals surface area contributed by atoms with Gasteiger partial charge in [-0.1, -0.05) is 115 Å². The summed E-state index contributed by atoms with van der Waals surface area (Å²) in [7, 11) is 0. The van der Waals surface area contributed by atoms with E-state index in [1.165, 1.54) is 0 Å². The molecular formula is C45H27ClN4O. The summed E-state index contributed by atoms with van der Waals surface area (Å²) in [6.45, 7) is 0. The number of benzene rings is 7. The van der Waals surface area contributed by atoms with Crippen LogP contribution in [0.4, 0.5) is 0 Å². The van der Waals surface area contributed by atoms with Crippen LogP contribution in [0, 0.1) is 0 Å². The molecule has 0 bridgehead atoms. The van der Waals surface area contributed by atoms with Gasteiger partial charge in [0.25, 0.3) is 0 Å². The molecule has 0 spiro atoms. The second-order valence-electron chi connectivity index (χ2n) is 12.6. The largest absolute Gasteiger partial charge is 0.455 e. The summed E-state index contributed by atoms with van der Waals surface area (Å²) in [5.74, 6) is 1.74. The summed E-state index contributed by atoms with van der Waals surface area (Å²) in [5.41, 5.74) is 9.40. The number of para-hydroxylation sites is 4. The molecular weight excluding hydrogens is 648 g/mol. The lowest BCUT2D eigenvalue weighted by molar-refractivity contribution is 0.670. The first-order valence-corrected chi connectivity index (χ1v) is 17.2. The maximum atomic E-state index is 6.92. The summed E-state index contributed by atoms with van der Waals surface area (Å²) in [6, 6.07) is 55.6. The molecule has 240 valence electrons. The Balaban J connectivity index is 1.16. The van der Waals surface area contributed by atoms with Gasteiger partial charge in [-0.3, -0.25) is 0 Å². The highest BCUT2D eigenvalue weighted by molar-refractivity contribution is 6.34. The van der Waals surface area contributed by atoms with Crippen molar-refractivity contribution in [1.82, 2.24) is 19.5 Å². The Kier molecular flexibility index (Phi) is 6.79. The van der Waals surface area contributed by atoms with Gasteiger partial charge in [-0.25, -0.2) is 15.0 Å². The molecule has 5 nitrogen and oxygen atoms in total. The third-order valence-corrected chi connectivity index (χ3v) is 9.86. The molecule has 0 N–H and O–H groups in total. The van der Waals surface area contributed by atoms with Crippen LogP contribution in [0.3, 0.4) is 0 Å². The Morgan fingerprint density at radius 1 is 0.431 bits per heavy atom. The van der Waals surface area contributed by atoms with Gasteiger partial charge < -0.3 is 8.98 Å². The normalized spacial score (nSPS) is 11.6. The molecule has 0 radical (unpaired) electrons. The van der Waals surface area contributed by atoms with Gasteiger partial charge in [0.15, 0.2) is 17.5 Å². The SMILES string of the molecule is Clc1ccc(-c2nc(-c3ccccc3)nc(-c3ccc4c(c3)c3ccccc3n4-c3ccccc3)n2)cc1-c1cccc2c1oc1ccccc12. The van der Waals surface area contributed by atoms with Gasteiger partial charge in [0.1, 0.15) is 11.2 Å². The van der Waals surface area contributed by atoms with Gasteiger partial charge >= 0.3 is 0 Å². The number of halogens is 1. The van der Waals surface area contributed by atoms with Crippen LogP contribution >= 0.6 is 11.6 Å². The highest BCUT2D eigenvalue weighted by Gasteiger charge is 2.19. The van der Waals surface area contributed by atoms with Gasteiger partial charge in [0.2, 0.25) is 0 Å². The third kappa shape index (κ3) is 4.90. The van der Waals surface area contributed by atoms with Gasteiger partial charge in [-0.15, -0.1) is 0 Å². The second-order valence-corrected chi connectivity index (χ2v) is 13.0. The lowest BCUT2D eigenvalue weighted by atomic mass is 10.00. The van der Waals surface area contributed by atoms with Crippen molar-refractivity contribution < 1.29 is 4.42 Å². The zero-order chi connectivity index (χ0) is 33.9. The molecule has 10 aromatic rings. The van der Waals surface area contributed by atoms with Gasteiger partial charge in [0.05, 0.1) is 11.0 Å². The van der Waals surface area contributed by atoms with Crippen LogP contribution < -0.4 is 0 Å². The highest BCUT2D eigenvalue weighted by Crippen LogP contribution is 2.40. The van der Waals surface area contributed by atoms with Crippen LogP contribution in [0.5, 0.6) is 0 Å². The monoisotopic (exact) mass is 674 g/mol. The van der Waals surface area contributed by atoms with E-state index in [0.717, 1.165) is 77.2 Å². The molecule has 0 aliphatic rings. The van der Waals surface area contributed by atoms with Crippen molar-refractivity contribution >= 4 is 55.3 Å². The van der Waals surface area contributed by atoms with Crippen LogP contribution in [-0.2, 0) is 0 Å². The van der Waals surface area contributed by atoms with Crippen LogP contribution in [0.15, 0.2) is 168 Å². The zero-order valence-electron chi connectivity index (χ0n) is 27.2. The molecule has 0 atom stereocenters. The van der Waals surface area contributed by atoms with Crippen molar-refractivity contribution in [2.75, 3.05) is 0 Å². The predicted molar refractivity (Wildman–Crippen MR) is 208 cm³/mol. The third-order valence-electron chi connectivity index (χ3n) is 9.53. The first-order chi connectivity index (χ1) is 25.2. The minimum Gasteiger partial charge on any atom is -0.455 e. The summed E-state index contributed by atoms with van der Waals surface area (Å²) in [4.78, 5) is 15.2. The van der Waals surface area contributed by atoms with E-state index in [9.17, 15) is 0 Å². The average Bonchev–Trinajstić information content (AvgIpc) is 3.74. The van der Waals surface area contributed by atoms with Crippen molar-refractivity contribution in [2.45, 2.75) is 0 Å². The standard InChI is InChI=1S/C45H27ClN4O/c46-38-24-22-29(26-36(38)35-19-11-18-34-33-17-8-10-21-41(33)51-42(34)35)44-47-43(28-12-3-1-4-13-28)48-45(49-44)30-23-25-40-37(27-30)32-16-7-9-20-39(32)50(40)31-14-5-2-6-15-31/h1-27H. The Bertz CT molecular complexity index is 2930. The number of hydrogen-bond acceptors (Lipinski definition) is 4. The van der Waals surface area contributed by atoms with E-state index in [-0.39, 0.29) is 0 Å².